The van der Waals surface area contributed by atoms with Crippen molar-refractivity contribution in [1.82, 2.24) is 9.88 Å². The van der Waals surface area contributed by atoms with Gasteiger partial charge in [0.05, 0.1) is 18.4 Å². The first-order valence-electron chi connectivity index (χ1n) is 8.10. The normalized spacial score (nSPS) is 23.3. The monoisotopic (exact) mass is 316 g/mol. The van der Waals surface area contributed by atoms with Crippen LogP contribution in [0.15, 0.2) is 34.9 Å². The molecule has 122 valence electrons. The van der Waals surface area contributed by atoms with Crippen LogP contribution in [-0.4, -0.2) is 35.7 Å². The number of benzene rings is 1. The van der Waals surface area contributed by atoms with Crippen LogP contribution in [-0.2, 0) is 17.7 Å². The zero-order chi connectivity index (χ0) is 15.9. The van der Waals surface area contributed by atoms with Crippen LogP contribution in [0.4, 0.5) is 4.39 Å². The number of nitrogens with zero attached hydrogens (tertiary/aromatic N) is 2. The van der Waals surface area contributed by atoms with Crippen LogP contribution in [0.1, 0.15) is 23.6 Å². The van der Waals surface area contributed by atoms with E-state index in [4.69, 9.17) is 9.15 Å². The molecule has 1 atom stereocenters. The Labute approximate surface area is 135 Å². The van der Waals surface area contributed by atoms with Gasteiger partial charge in [-0.3, -0.25) is 4.90 Å². The summed E-state index contributed by atoms with van der Waals surface area (Å²) in [6, 6.07) is 6.74. The largest absolute Gasteiger partial charge is 0.449 e. The van der Waals surface area contributed by atoms with Crippen LogP contribution in [0.5, 0.6) is 0 Å². The highest BCUT2D eigenvalue weighted by molar-refractivity contribution is 5.17. The lowest BCUT2D eigenvalue weighted by Crippen LogP contribution is -2.56. The van der Waals surface area contributed by atoms with Crippen LogP contribution in [0.3, 0.4) is 0 Å². The molecule has 4 nitrogen and oxygen atoms in total. The van der Waals surface area contributed by atoms with Crippen molar-refractivity contribution in [3.8, 4) is 0 Å². The van der Waals surface area contributed by atoms with E-state index in [1.807, 2.05) is 19.1 Å². The summed E-state index contributed by atoms with van der Waals surface area (Å²) in [6.07, 6.45) is 3.93. The van der Waals surface area contributed by atoms with Crippen molar-refractivity contribution in [2.75, 3.05) is 19.7 Å². The third-order valence-corrected chi connectivity index (χ3v) is 4.83. The van der Waals surface area contributed by atoms with Gasteiger partial charge in [-0.05, 0) is 30.5 Å². The highest BCUT2D eigenvalue weighted by Crippen LogP contribution is 2.42. The predicted octanol–water partition coefficient (Wildman–Crippen LogP) is 2.96. The van der Waals surface area contributed by atoms with Gasteiger partial charge >= 0.3 is 0 Å². The SMILES string of the molecule is Cc1nc(CN2CC3(COC(Cc4ccc(F)cc4)C3)C2)co1. The van der Waals surface area contributed by atoms with Crippen molar-refractivity contribution >= 4 is 0 Å². The van der Waals surface area contributed by atoms with Crippen molar-refractivity contribution < 1.29 is 13.5 Å². The van der Waals surface area contributed by atoms with E-state index < -0.39 is 0 Å². The zero-order valence-electron chi connectivity index (χ0n) is 13.3. The third kappa shape index (κ3) is 3.16. The maximum atomic E-state index is 13.0. The third-order valence-electron chi connectivity index (χ3n) is 4.83. The molecule has 0 N–H and O–H groups in total. The molecule has 23 heavy (non-hydrogen) atoms. The smallest absolute Gasteiger partial charge is 0.191 e. The first kappa shape index (κ1) is 14.8. The fraction of sp³-hybridized carbons (Fsp3) is 0.500. The number of oxazole rings is 1. The van der Waals surface area contributed by atoms with Gasteiger partial charge in [0.2, 0.25) is 0 Å². The van der Waals surface area contributed by atoms with Gasteiger partial charge in [-0.15, -0.1) is 0 Å². The van der Waals surface area contributed by atoms with Gasteiger partial charge in [-0.1, -0.05) is 12.1 Å². The van der Waals surface area contributed by atoms with E-state index in [9.17, 15) is 4.39 Å². The molecule has 0 amide bonds. The first-order chi connectivity index (χ1) is 11.1. The number of halogens is 1. The summed E-state index contributed by atoms with van der Waals surface area (Å²) in [4.78, 5) is 6.75. The summed E-state index contributed by atoms with van der Waals surface area (Å²) in [5, 5.41) is 0. The van der Waals surface area contributed by atoms with Crippen LogP contribution in [0.25, 0.3) is 0 Å². The number of aromatic nitrogens is 1. The lowest BCUT2D eigenvalue weighted by molar-refractivity contribution is -0.0147. The van der Waals surface area contributed by atoms with Crippen molar-refractivity contribution in [1.29, 1.82) is 0 Å². The molecule has 0 saturated carbocycles. The quantitative estimate of drug-likeness (QED) is 0.869. The fourth-order valence-corrected chi connectivity index (χ4v) is 3.85. The molecule has 0 radical (unpaired) electrons. The number of hydrogen-bond donors (Lipinski definition) is 0. The van der Waals surface area contributed by atoms with Gasteiger partial charge in [0.15, 0.2) is 5.89 Å². The van der Waals surface area contributed by atoms with E-state index in [0.717, 1.165) is 56.2 Å². The van der Waals surface area contributed by atoms with Gasteiger partial charge in [0.25, 0.3) is 0 Å². The maximum Gasteiger partial charge on any atom is 0.191 e. The Bertz CT molecular complexity index is 677. The number of ether oxygens (including phenoxy) is 1. The molecule has 2 saturated heterocycles. The summed E-state index contributed by atoms with van der Waals surface area (Å²) in [7, 11) is 0. The molecule has 1 unspecified atom stereocenters. The number of rotatable bonds is 4. The Morgan fingerprint density at radius 1 is 1.30 bits per heavy atom. The van der Waals surface area contributed by atoms with Crippen LogP contribution >= 0.6 is 0 Å². The molecule has 2 aliphatic rings. The molecule has 2 aliphatic heterocycles. The minimum absolute atomic E-state index is 0.185. The van der Waals surface area contributed by atoms with E-state index in [1.54, 1.807) is 6.26 Å². The fourth-order valence-electron chi connectivity index (χ4n) is 3.85. The lowest BCUT2D eigenvalue weighted by Gasteiger charge is -2.47. The number of likely N-dealkylation sites (tertiary alicyclic amines) is 1. The van der Waals surface area contributed by atoms with Crippen LogP contribution in [0.2, 0.25) is 0 Å². The highest BCUT2D eigenvalue weighted by atomic mass is 19.1. The molecular weight excluding hydrogens is 295 g/mol. The summed E-state index contributed by atoms with van der Waals surface area (Å²) in [5.41, 5.74) is 2.44. The molecular formula is C18H21FN2O2. The summed E-state index contributed by atoms with van der Waals surface area (Å²) < 4.78 is 24.2. The topological polar surface area (TPSA) is 38.5 Å². The second-order valence-electron chi connectivity index (χ2n) is 6.97. The second kappa shape index (κ2) is 5.73. The number of aryl methyl sites for hydroxylation is 1. The summed E-state index contributed by atoms with van der Waals surface area (Å²) in [5.74, 6) is 0.536. The molecule has 2 fully saturated rings. The molecule has 1 aromatic carbocycles. The summed E-state index contributed by atoms with van der Waals surface area (Å²) in [6.45, 7) is 5.65. The molecule has 0 aliphatic carbocycles. The van der Waals surface area contributed by atoms with Crippen molar-refractivity contribution in [3.63, 3.8) is 0 Å². The molecule has 0 bridgehead atoms. The van der Waals surface area contributed by atoms with Gasteiger partial charge in [0.1, 0.15) is 12.1 Å². The molecule has 5 heteroatoms. The van der Waals surface area contributed by atoms with E-state index in [2.05, 4.69) is 9.88 Å². The van der Waals surface area contributed by atoms with E-state index in [1.165, 1.54) is 12.1 Å². The Kier molecular flexibility index (Phi) is 3.70. The standard InChI is InChI=1S/C18H21FN2O2/c1-13-20-16(9-22-13)8-21-10-18(11-21)7-17(23-12-18)6-14-2-4-15(19)5-3-14/h2-5,9,17H,6-8,10-12H2,1H3. The average Bonchev–Trinajstić information content (AvgIpc) is 3.08. The molecule has 4 rings (SSSR count). The average molecular weight is 316 g/mol. The molecule has 3 heterocycles. The zero-order valence-corrected chi connectivity index (χ0v) is 13.3. The van der Waals surface area contributed by atoms with Crippen molar-refractivity contribution in [2.24, 2.45) is 5.41 Å². The first-order valence-corrected chi connectivity index (χ1v) is 8.10. The predicted molar refractivity (Wildman–Crippen MR) is 83.4 cm³/mol. The Morgan fingerprint density at radius 2 is 2.09 bits per heavy atom. The Morgan fingerprint density at radius 3 is 2.78 bits per heavy atom. The number of hydrogen-bond acceptors (Lipinski definition) is 4. The van der Waals surface area contributed by atoms with Gasteiger partial charge in [-0.25, -0.2) is 9.37 Å². The van der Waals surface area contributed by atoms with Gasteiger partial charge in [-0.2, -0.15) is 0 Å². The maximum absolute atomic E-state index is 13.0. The molecule has 1 spiro atoms. The molecule has 2 aromatic rings. The highest BCUT2D eigenvalue weighted by Gasteiger charge is 2.48. The van der Waals surface area contributed by atoms with Crippen LogP contribution in [0, 0.1) is 18.2 Å². The van der Waals surface area contributed by atoms with Crippen LogP contribution < -0.4 is 0 Å². The minimum Gasteiger partial charge on any atom is -0.449 e. The lowest BCUT2D eigenvalue weighted by atomic mass is 9.77. The Balaban J connectivity index is 1.28. The van der Waals surface area contributed by atoms with Crippen molar-refractivity contribution in [3.05, 3.63) is 53.5 Å². The van der Waals surface area contributed by atoms with Gasteiger partial charge < -0.3 is 9.15 Å². The Hall–Kier alpha value is -1.72. The minimum atomic E-state index is -0.185. The van der Waals surface area contributed by atoms with E-state index in [-0.39, 0.29) is 11.9 Å². The van der Waals surface area contributed by atoms with E-state index >= 15 is 0 Å². The van der Waals surface area contributed by atoms with E-state index in [0.29, 0.717) is 5.41 Å². The van der Waals surface area contributed by atoms with Gasteiger partial charge in [0, 0.05) is 32.0 Å². The van der Waals surface area contributed by atoms with Crippen molar-refractivity contribution in [2.45, 2.75) is 32.4 Å². The molecule has 1 aromatic heterocycles. The summed E-state index contributed by atoms with van der Waals surface area (Å²) >= 11 is 0. The second-order valence-corrected chi connectivity index (χ2v) is 6.97.